The molecule has 0 radical (unpaired) electrons. The van der Waals surface area contributed by atoms with Gasteiger partial charge in [-0.15, -0.1) is 11.3 Å². The lowest BCUT2D eigenvalue weighted by Crippen LogP contribution is -2.06. The summed E-state index contributed by atoms with van der Waals surface area (Å²) in [7, 11) is 0. The van der Waals surface area contributed by atoms with Gasteiger partial charge in [-0.3, -0.25) is 0 Å². The van der Waals surface area contributed by atoms with E-state index in [9.17, 15) is 0 Å². The molecule has 0 spiro atoms. The Morgan fingerprint density at radius 1 is 1.26 bits per heavy atom. The summed E-state index contributed by atoms with van der Waals surface area (Å²) >= 11 is 1.61. The summed E-state index contributed by atoms with van der Waals surface area (Å²) in [6.45, 7) is 5.06. The highest BCUT2D eigenvalue weighted by molar-refractivity contribution is 7.07. The zero-order valence-corrected chi connectivity index (χ0v) is 14.0. The predicted molar refractivity (Wildman–Crippen MR) is 90.4 cm³/mol. The highest BCUT2D eigenvalue weighted by atomic mass is 32.1. The summed E-state index contributed by atoms with van der Waals surface area (Å²) in [5, 5.41) is 9.34. The molecule has 3 rings (SSSR count). The molecule has 23 heavy (non-hydrogen) atoms. The van der Waals surface area contributed by atoms with E-state index in [4.69, 9.17) is 4.52 Å². The lowest BCUT2D eigenvalue weighted by atomic mass is 10.1. The van der Waals surface area contributed by atoms with E-state index in [2.05, 4.69) is 44.7 Å². The third kappa shape index (κ3) is 4.35. The normalized spacial score (nSPS) is 11.1. The van der Waals surface area contributed by atoms with Crippen molar-refractivity contribution in [3.63, 3.8) is 0 Å². The van der Waals surface area contributed by atoms with E-state index in [1.165, 1.54) is 0 Å². The molecule has 120 valence electrons. The number of rotatable bonds is 7. The predicted octanol–water partition coefficient (Wildman–Crippen LogP) is 3.44. The van der Waals surface area contributed by atoms with Gasteiger partial charge < -0.3 is 9.84 Å². The lowest BCUT2D eigenvalue weighted by molar-refractivity contribution is 0.417. The minimum atomic E-state index is 0.503. The Morgan fingerprint density at radius 2 is 2.17 bits per heavy atom. The Balaban J connectivity index is 1.57. The minimum absolute atomic E-state index is 0.503. The molecular weight excluding hydrogens is 310 g/mol. The van der Waals surface area contributed by atoms with Gasteiger partial charge in [0, 0.05) is 31.0 Å². The molecule has 0 unspecified atom stereocenters. The van der Waals surface area contributed by atoms with Gasteiger partial charge in [0.15, 0.2) is 5.82 Å². The highest BCUT2D eigenvalue weighted by Crippen LogP contribution is 2.18. The Bertz CT molecular complexity index is 721. The third-order valence-corrected chi connectivity index (χ3v) is 3.88. The van der Waals surface area contributed by atoms with E-state index in [1.54, 1.807) is 17.5 Å². The van der Waals surface area contributed by atoms with Crippen molar-refractivity contribution in [3.05, 3.63) is 40.7 Å². The number of thiazole rings is 1. The van der Waals surface area contributed by atoms with Crippen molar-refractivity contribution in [2.24, 2.45) is 5.92 Å². The van der Waals surface area contributed by atoms with Crippen molar-refractivity contribution in [2.45, 2.75) is 26.7 Å². The zero-order valence-electron chi connectivity index (χ0n) is 13.2. The molecule has 0 aromatic carbocycles. The number of hydrogen-bond donors (Lipinski definition) is 1. The SMILES string of the molecule is CC(C)Cc1noc(-c2ccc(NCCc3cscn3)nc2)n1. The number of nitrogens with one attached hydrogen (secondary N) is 1. The molecule has 3 aromatic heterocycles. The minimum Gasteiger partial charge on any atom is -0.370 e. The van der Waals surface area contributed by atoms with Crippen LogP contribution in [0.4, 0.5) is 5.82 Å². The number of anilines is 1. The fraction of sp³-hybridized carbons (Fsp3) is 0.375. The fourth-order valence-corrected chi connectivity index (χ4v) is 2.72. The van der Waals surface area contributed by atoms with Crippen LogP contribution in [-0.4, -0.2) is 26.7 Å². The highest BCUT2D eigenvalue weighted by Gasteiger charge is 2.10. The molecule has 0 aliphatic heterocycles. The van der Waals surface area contributed by atoms with E-state index >= 15 is 0 Å². The molecule has 3 heterocycles. The van der Waals surface area contributed by atoms with E-state index < -0.39 is 0 Å². The number of nitrogens with zero attached hydrogens (tertiary/aromatic N) is 4. The second kappa shape index (κ2) is 7.32. The molecule has 0 amide bonds. The molecule has 0 atom stereocenters. The maximum atomic E-state index is 5.29. The van der Waals surface area contributed by atoms with Gasteiger partial charge in [0.2, 0.25) is 0 Å². The first-order valence-electron chi connectivity index (χ1n) is 7.60. The van der Waals surface area contributed by atoms with Crippen LogP contribution in [0.15, 0.2) is 33.7 Å². The Labute approximate surface area is 139 Å². The van der Waals surface area contributed by atoms with Crippen molar-refractivity contribution >= 4 is 17.2 Å². The molecule has 0 bridgehead atoms. The van der Waals surface area contributed by atoms with Gasteiger partial charge >= 0.3 is 0 Å². The van der Waals surface area contributed by atoms with Crippen molar-refractivity contribution < 1.29 is 4.52 Å². The average molecular weight is 329 g/mol. The van der Waals surface area contributed by atoms with E-state index in [0.717, 1.165) is 42.3 Å². The molecule has 7 heteroatoms. The standard InChI is InChI=1S/C16H19N5OS/c1-11(2)7-15-20-16(22-21-15)12-3-4-14(18-8-12)17-6-5-13-9-23-10-19-13/h3-4,8-11H,5-7H2,1-2H3,(H,17,18). The van der Waals surface area contributed by atoms with E-state index in [-0.39, 0.29) is 0 Å². The van der Waals surface area contributed by atoms with Gasteiger partial charge in [0.25, 0.3) is 5.89 Å². The number of aromatic nitrogens is 4. The lowest BCUT2D eigenvalue weighted by Gasteiger charge is -2.04. The summed E-state index contributed by atoms with van der Waals surface area (Å²) in [6, 6.07) is 3.85. The van der Waals surface area contributed by atoms with Crippen molar-refractivity contribution in [1.29, 1.82) is 0 Å². The van der Waals surface area contributed by atoms with Crippen molar-refractivity contribution in [3.8, 4) is 11.5 Å². The molecule has 3 aromatic rings. The van der Waals surface area contributed by atoms with Gasteiger partial charge in [-0.05, 0) is 18.1 Å². The van der Waals surface area contributed by atoms with E-state index in [1.807, 2.05) is 17.6 Å². The monoisotopic (exact) mass is 329 g/mol. The molecule has 1 N–H and O–H groups in total. The van der Waals surface area contributed by atoms with Crippen LogP contribution in [0.5, 0.6) is 0 Å². The summed E-state index contributed by atoms with van der Waals surface area (Å²) < 4.78 is 5.29. The first-order chi connectivity index (χ1) is 11.2. The second-order valence-electron chi connectivity index (χ2n) is 5.70. The maximum absolute atomic E-state index is 5.29. The molecule has 0 aliphatic rings. The first-order valence-corrected chi connectivity index (χ1v) is 8.55. The molecule has 0 fully saturated rings. The maximum Gasteiger partial charge on any atom is 0.259 e. The van der Waals surface area contributed by atoms with Gasteiger partial charge in [0.05, 0.1) is 16.8 Å². The Kier molecular flexibility index (Phi) is 4.97. The quantitative estimate of drug-likeness (QED) is 0.715. The Hall–Kier alpha value is -2.28. The van der Waals surface area contributed by atoms with Crippen LogP contribution in [0.2, 0.25) is 0 Å². The Morgan fingerprint density at radius 3 is 2.87 bits per heavy atom. The van der Waals surface area contributed by atoms with Gasteiger partial charge in [-0.25, -0.2) is 9.97 Å². The van der Waals surface area contributed by atoms with Crippen LogP contribution >= 0.6 is 11.3 Å². The van der Waals surface area contributed by atoms with Crippen LogP contribution in [0.1, 0.15) is 25.4 Å². The van der Waals surface area contributed by atoms with Gasteiger partial charge in [-0.1, -0.05) is 19.0 Å². The molecule has 0 saturated heterocycles. The van der Waals surface area contributed by atoms with Crippen LogP contribution < -0.4 is 5.32 Å². The van der Waals surface area contributed by atoms with Crippen molar-refractivity contribution in [2.75, 3.05) is 11.9 Å². The summed E-state index contributed by atoms with van der Waals surface area (Å²) in [4.78, 5) is 13.0. The van der Waals surface area contributed by atoms with Crippen LogP contribution in [-0.2, 0) is 12.8 Å². The first kappa shape index (κ1) is 15.6. The molecule has 0 aliphatic carbocycles. The third-order valence-electron chi connectivity index (χ3n) is 3.24. The second-order valence-corrected chi connectivity index (χ2v) is 6.42. The largest absolute Gasteiger partial charge is 0.370 e. The summed E-state index contributed by atoms with van der Waals surface area (Å²) in [5.74, 6) is 2.58. The van der Waals surface area contributed by atoms with Crippen LogP contribution in [0.25, 0.3) is 11.5 Å². The summed E-state index contributed by atoms with van der Waals surface area (Å²) in [5.41, 5.74) is 3.78. The van der Waals surface area contributed by atoms with E-state index in [0.29, 0.717) is 11.8 Å². The average Bonchev–Trinajstić information content (AvgIpc) is 3.19. The molecule has 6 nitrogen and oxygen atoms in total. The number of hydrogen-bond acceptors (Lipinski definition) is 7. The molecule has 0 saturated carbocycles. The van der Waals surface area contributed by atoms with Crippen LogP contribution in [0.3, 0.4) is 0 Å². The topological polar surface area (TPSA) is 76.7 Å². The van der Waals surface area contributed by atoms with Crippen molar-refractivity contribution in [1.82, 2.24) is 20.1 Å². The number of pyridine rings is 1. The van der Waals surface area contributed by atoms with Crippen LogP contribution in [0, 0.1) is 5.92 Å². The smallest absolute Gasteiger partial charge is 0.259 e. The van der Waals surface area contributed by atoms with Gasteiger partial charge in [0.1, 0.15) is 5.82 Å². The fourth-order valence-electron chi connectivity index (χ4n) is 2.12. The zero-order chi connectivity index (χ0) is 16.1. The van der Waals surface area contributed by atoms with Gasteiger partial charge in [-0.2, -0.15) is 4.98 Å². The molecular formula is C16H19N5OS. The summed E-state index contributed by atoms with van der Waals surface area (Å²) in [6.07, 6.45) is 3.44.